The number of nitrogen functional groups attached to an aromatic ring is 1. The molecule has 0 unspecified atom stereocenters. The number of primary amides is 1. The van der Waals surface area contributed by atoms with Gasteiger partial charge in [0.05, 0.1) is 0 Å². The van der Waals surface area contributed by atoms with E-state index in [4.69, 9.17) is 11.5 Å². The van der Waals surface area contributed by atoms with Crippen LogP contribution >= 0.6 is 0 Å². The lowest BCUT2D eigenvalue weighted by Gasteiger charge is -2.08. The fraction of sp³-hybridized carbons (Fsp3) is 0.100. The zero-order valence-electron chi connectivity index (χ0n) is 13.3. The normalized spacial score (nSPS) is 10.5. The van der Waals surface area contributed by atoms with Crippen LogP contribution in [0, 0.1) is 0 Å². The summed E-state index contributed by atoms with van der Waals surface area (Å²) in [4.78, 5) is 15.6. The van der Waals surface area contributed by atoms with Crippen molar-refractivity contribution in [2.24, 2.45) is 5.73 Å². The molecule has 0 fully saturated rings. The van der Waals surface area contributed by atoms with Gasteiger partial charge >= 0.3 is 0 Å². The first-order chi connectivity index (χ1) is 11.6. The number of pyridine rings is 1. The monoisotopic (exact) mass is 317 g/mol. The highest BCUT2D eigenvalue weighted by Crippen LogP contribution is 2.21. The minimum Gasteiger partial charge on any atom is -0.384 e. The maximum atomic E-state index is 11.5. The van der Waals surface area contributed by atoms with Crippen molar-refractivity contribution in [2.75, 3.05) is 5.73 Å². The minimum absolute atomic E-state index is 0.382. The number of hydrogen-bond acceptors (Lipinski definition) is 3. The molecular formula is C20H19N3O. The smallest absolute Gasteiger partial charge is 0.248 e. The van der Waals surface area contributed by atoms with Gasteiger partial charge in [-0.3, -0.25) is 4.79 Å². The van der Waals surface area contributed by atoms with Crippen molar-refractivity contribution >= 4 is 11.7 Å². The fourth-order valence-corrected chi connectivity index (χ4v) is 2.74. The molecule has 4 N–H and O–H groups in total. The lowest BCUT2D eigenvalue weighted by atomic mass is 9.97. The van der Waals surface area contributed by atoms with Gasteiger partial charge in [0.25, 0.3) is 0 Å². The number of anilines is 1. The minimum atomic E-state index is -0.382. The molecule has 0 radical (unpaired) electrons. The quantitative estimate of drug-likeness (QED) is 0.758. The first-order valence-corrected chi connectivity index (χ1v) is 7.82. The van der Waals surface area contributed by atoms with Gasteiger partial charge in [0, 0.05) is 17.3 Å². The summed E-state index contributed by atoms with van der Waals surface area (Å²) in [5.74, 6) is 0.130. The van der Waals surface area contributed by atoms with Crippen LogP contribution in [-0.4, -0.2) is 10.9 Å². The maximum absolute atomic E-state index is 11.5. The summed E-state index contributed by atoms with van der Waals surface area (Å²) in [5.41, 5.74) is 16.0. The molecule has 0 spiro atoms. The SMILES string of the molecule is NC(=O)c1ccccc1CCc1cccc(-c2ccc(N)nc2)c1. The molecule has 0 aliphatic heterocycles. The summed E-state index contributed by atoms with van der Waals surface area (Å²) in [5, 5.41) is 0. The number of aromatic nitrogens is 1. The molecule has 1 amide bonds. The van der Waals surface area contributed by atoms with Crippen LogP contribution in [0.25, 0.3) is 11.1 Å². The number of hydrogen-bond donors (Lipinski definition) is 2. The lowest BCUT2D eigenvalue weighted by Crippen LogP contribution is -2.13. The third-order valence-corrected chi connectivity index (χ3v) is 4.01. The number of carbonyl (C=O) groups is 1. The van der Waals surface area contributed by atoms with E-state index in [0.717, 1.165) is 29.5 Å². The van der Waals surface area contributed by atoms with Crippen molar-refractivity contribution in [3.05, 3.63) is 83.6 Å². The average molecular weight is 317 g/mol. The van der Waals surface area contributed by atoms with Crippen molar-refractivity contribution in [3.8, 4) is 11.1 Å². The lowest BCUT2D eigenvalue weighted by molar-refractivity contribution is 0.0999. The molecule has 3 rings (SSSR count). The van der Waals surface area contributed by atoms with Gasteiger partial charge < -0.3 is 11.5 Å². The van der Waals surface area contributed by atoms with Crippen LogP contribution in [0.5, 0.6) is 0 Å². The van der Waals surface area contributed by atoms with E-state index in [1.165, 1.54) is 5.56 Å². The largest absolute Gasteiger partial charge is 0.384 e. The number of benzene rings is 2. The standard InChI is InChI=1S/C20H19N3O/c21-19-11-10-17(13-23-19)16-6-3-4-14(12-16)8-9-15-5-1-2-7-18(15)20(22)24/h1-7,10-13H,8-9H2,(H2,21,23)(H2,22,24). The Labute approximate surface area is 141 Å². The molecule has 120 valence electrons. The fourth-order valence-electron chi connectivity index (χ4n) is 2.74. The van der Waals surface area contributed by atoms with E-state index >= 15 is 0 Å². The Kier molecular flexibility index (Phi) is 4.57. The summed E-state index contributed by atoms with van der Waals surface area (Å²) < 4.78 is 0. The topological polar surface area (TPSA) is 82.0 Å². The van der Waals surface area contributed by atoms with Gasteiger partial charge in [-0.15, -0.1) is 0 Å². The van der Waals surface area contributed by atoms with Crippen LogP contribution in [0.3, 0.4) is 0 Å². The van der Waals surface area contributed by atoms with Crippen LogP contribution in [-0.2, 0) is 12.8 Å². The Morgan fingerprint density at radius 2 is 1.75 bits per heavy atom. The number of nitrogens with two attached hydrogens (primary N) is 2. The second kappa shape index (κ2) is 6.96. The molecule has 0 bridgehead atoms. The van der Waals surface area contributed by atoms with Gasteiger partial charge in [-0.1, -0.05) is 42.5 Å². The Bertz CT molecular complexity index is 857. The van der Waals surface area contributed by atoms with Crippen LogP contribution in [0.4, 0.5) is 5.82 Å². The van der Waals surface area contributed by atoms with Crippen LogP contribution in [0.2, 0.25) is 0 Å². The van der Waals surface area contributed by atoms with E-state index in [9.17, 15) is 4.79 Å². The van der Waals surface area contributed by atoms with E-state index in [1.54, 1.807) is 18.3 Å². The summed E-state index contributed by atoms with van der Waals surface area (Å²) in [6.45, 7) is 0. The molecule has 2 aromatic carbocycles. The van der Waals surface area contributed by atoms with E-state index in [-0.39, 0.29) is 5.91 Å². The Hall–Kier alpha value is -3.14. The number of aryl methyl sites for hydroxylation is 2. The van der Waals surface area contributed by atoms with Crippen LogP contribution in [0.15, 0.2) is 66.9 Å². The third-order valence-electron chi connectivity index (χ3n) is 4.01. The molecule has 0 aliphatic rings. The zero-order valence-corrected chi connectivity index (χ0v) is 13.3. The van der Waals surface area contributed by atoms with Crippen molar-refractivity contribution in [3.63, 3.8) is 0 Å². The Balaban J connectivity index is 1.78. The first-order valence-electron chi connectivity index (χ1n) is 7.82. The maximum Gasteiger partial charge on any atom is 0.248 e. The first kappa shape index (κ1) is 15.7. The molecule has 4 nitrogen and oxygen atoms in total. The molecule has 1 heterocycles. The summed E-state index contributed by atoms with van der Waals surface area (Å²) in [6, 6.07) is 19.5. The van der Waals surface area contributed by atoms with Crippen LogP contribution in [0.1, 0.15) is 21.5 Å². The highest BCUT2D eigenvalue weighted by Gasteiger charge is 2.07. The van der Waals surface area contributed by atoms with Gasteiger partial charge in [-0.25, -0.2) is 4.98 Å². The average Bonchev–Trinajstić information content (AvgIpc) is 2.61. The van der Waals surface area contributed by atoms with Crippen molar-refractivity contribution in [2.45, 2.75) is 12.8 Å². The highest BCUT2D eigenvalue weighted by atomic mass is 16.1. The summed E-state index contributed by atoms with van der Waals surface area (Å²) in [7, 11) is 0. The van der Waals surface area contributed by atoms with Crippen LogP contribution < -0.4 is 11.5 Å². The summed E-state index contributed by atoms with van der Waals surface area (Å²) >= 11 is 0. The van der Waals surface area contributed by atoms with Gasteiger partial charge in [-0.2, -0.15) is 0 Å². The van der Waals surface area contributed by atoms with E-state index < -0.39 is 0 Å². The molecular weight excluding hydrogens is 298 g/mol. The molecule has 3 aromatic rings. The zero-order chi connectivity index (χ0) is 16.9. The Morgan fingerprint density at radius 3 is 2.50 bits per heavy atom. The van der Waals surface area contributed by atoms with Crippen molar-refractivity contribution < 1.29 is 4.79 Å². The predicted molar refractivity (Wildman–Crippen MR) is 96.5 cm³/mol. The number of rotatable bonds is 5. The molecule has 24 heavy (non-hydrogen) atoms. The number of amides is 1. The molecule has 4 heteroatoms. The second-order valence-electron chi connectivity index (χ2n) is 5.69. The van der Waals surface area contributed by atoms with Crippen molar-refractivity contribution in [1.82, 2.24) is 4.98 Å². The van der Waals surface area contributed by atoms with Gasteiger partial charge in [0.1, 0.15) is 5.82 Å². The predicted octanol–water partition coefficient (Wildman–Crippen LogP) is 3.21. The molecule has 1 aromatic heterocycles. The molecule has 0 saturated heterocycles. The second-order valence-corrected chi connectivity index (χ2v) is 5.69. The number of nitrogens with zero attached hydrogens (tertiary/aromatic N) is 1. The molecule has 0 saturated carbocycles. The molecule has 0 aliphatic carbocycles. The van der Waals surface area contributed by atoms with Gasteiger partial charge in [0.2, 0.25) is 5.91 Å². The van der Waals surface area contributed by atoms with E-state index in [1.807, 2.05) is 36.4 Å². The molecule has 0 atom stereocenters. The van der Waals surface area contributed by atoms with Crippen molar-refractivity contribution in [1.29, 1.82) is 0 Å². The Morgan fingerprint density at radius 1 is 0.917 bits per heavy atom. The summed E-state index contributed by atoms with van der Waals surface area (Å²) in [6.07, 6.45) is 3.37. The van der Waals surface area contributed by atoms with E-state index in [0.29, 0.717) is 11.4 Å². The third kappa shape index (κ3) is 3.60. The highest BCUT2D eigenvalue weighted by molar-refractivity contribution is 5.94. The number of carbonyl (C=O) groups excluding carboxylic acids is 1. The van der Waals surface area contributed by atoms with Gasteiger partial charge in [0.15, 0.2) is 0 Å². The van der Waals surface area contributed by atoms with Gasteiger partial charge in [-0.05, 0) is 47.7 Å². The van der Waals surface area contributed by atoms with E-state index in [2.05, 4.69) is 17.1 Å².